The van der Waals surface area contributed by atoms with Crippen LogP contribution in [0.1, 0.15) is 337 Å². The molecule has 0 radical (unpaired) electrons. The van der Waals surface area contributed by atoms with E-state index in [1.807, 2.05) is 125 Å². The minimum absolute atomic E-state index is 0.674. The van der Waals surface area contributed by atoms with Crippen molar-refractivity contribution in [1.29, 1.82) is 0 Å². The van der Waals surface area contributed by atoms with Crippen LogP contribution in [0.3, 0.4) is 0 Å². The van der Waals surface area contributed by atoms with Crippen molar-refractivity contribution in [2.75, 3.05) is 164 Å². The van der Waals surface area contributed by atoms with Crippen molar-refractivity contribution in [3.8, 4) is 0 Å². The van der Waals surface area contributed by atoms with E-state index in [0.29, 0.717) is 18.1 Å². The Morgan fingerprint density at radius 2 is 0.456 bits per heavy atom. The predicted molar refractivity (Wildman–Crippen MR) is 474 cm³/mol. The average Bonchev–Trinajstić information content (AvgIpc) is 1.13. The largest absolute Gasteiger partial charge is 0.380 e. The Balaban J connectivity index is -0.000000160. The Hall–Kier alpha value is -1.30. The molecule has 0 spiro atoms. The smallest absolute Gasteiger partial charge is 0.0594 e. The number of morpholine rings is 1. The first-order valence-electron chi connectivity index (χ1n) is 45.0. The molecule has 13 nitrogen and oxygen atoms in total. The second kappa shape index (κ2) is 89.6. The number of piperidine rings is 1. The number of piperazine rings is 1. The summed E-state index contributed by atoms with van der Waals surface area (Å²) in [4.78, 5) is 22.6. The maximum Gasteiger partial charge on any atom is 0.0594 e. The number of nitrogens with one attached hydrogen (secondary N) is 2. The third-order valence-electron chi connectivity index (χ3n) is 18.6. The second-order valence-electron chi connectivity index (χ2n) is 28.1. The van der Waals surface area contributed by atoms with E-state index in [1.54, 1.807) is 5.56 Å². The van der Waals surface area contributed by atoms with Crippen LogP contribution < -0.4 is 10.6 Å². The van der Waals surface area contributed by atoms with Crippen LogP contribution in [0.2, 0.25) is 0 Å². The summed E-state index contributed by atoms with van der Waals surface area (Å²) in [5.74, 6) is 0. The van der Waals surface area contributed by atoms with E-state index < -0.39 is 0 Å². The number of hydrogen-bond acceptors (Lipinski definition) is 13. The molecule has 8 saturated heterocycles. The number of fused-ring (bicyclic) bond motifs is 1. The quantitative estimate of drug-likeness (QED) is 0.247. The second-order valence-corrected chi connectivity index (χ2v) is 28.1. The molecule has 9 aliphatic rings. The van der Waals surface area contributed by atoms with E-state index in [9.17, 15) is 0 Å². The molecule has 9 heterocycles. The van der Waals surface area contributed by atoms with Crippen molar-refractivity contribution in [2.24, 2.45) is 0 Å². The van der Waals surface area contributed by atoms with Crippen molar-refractivity contribution in [2.45, 2.75) is 394 Å². The van der Waals surface area contributed by atoms with Crippen LogP contribution in [0.25, 0.3) is 0 Å². The van der Waals surface area contributed by atoms with E-state index >= 15 is 0 Å². The lowest BCUT2D eigenvalue weighted by Crippen LogP contribution is -2.46. The Morgan fingerprint density at radius 1 is 0.223 bits per heavy atom. The van der Waals surface area contributed by atoms with Crippen LogP contribution in [-0.2, 0) is 22.4 Å². The standard InChI is InChI=1S/C12H17N.C9H19N.C8H18N2.C8H17NO.C8H17N.C7H16N2.C7H15NO.C7H15N.C6H13N.9C2H6/c1-10(2)13-8-7-11-5-3-4-6-12(11)9-13;1-9(2)10-7-5-3-4-6-8-10;1-8(2)10-6-3-4-9-5-7-10;1-8(2)9-4-3-6-10-7-5-9;1-8(2)9-6-4-3-5-7-9;1-7(2)9-5-3-8-4-6-9;1-7(2)8-3-5-9-6-4-8;1-7(2)8-5-3-4-6-8;1-6(2)7-4-3-5-7;9*1-2/h3-6,10H,7-9H2,1-2H3;9H,3-8H2,1-2H3;8-9H,3-7H2,1-2H3;8H,3-7H2,1-2H3;8H,3-7H2,1-2H3;7-8H,3-6H2,1-2H3;7H,3-6H2,1-2H3;7H,3-6H2,1-2H3;6H,3-5H2,1-2H3;9*1-2H3. The van der Waals surface area contributed by atoms with Gasteiger partial charge in [0.1, 0.15) is 0 Å². The van der Waals surface area contributed by atoms with Crippen molar-refractivity contribution >= 4 is 0 Å². The van der Waals surface area contributed by atoms with Crippen LogP contribution >= 0.6 is 0 Å². The molecule has 628 valence electrons. The molecule has 9 aliphatic heterocycles. The molecule has 0 amide bonds. The molecule has 0 saturated carbocycles. The number of nitrogens with zero attached hydrogens (tertiary/aromatic N) is 9. The van der Waals surface area contributed by atoms with Crippen molar-refractivity contribution in [1.82, 2.24) is 54.7 Å². The van der Waals surface area contributed by atoms with E-state index in [-0.39, 0.29) is 0 Å². The Morgan fingerprint density at radius 3 is 0.777 bits per heavy atom. The summed E-state index contributed by atoms with van der Waals surface area (Å²) in [6.45, 7) is 108. The van der Waals surface area contributed by atoms with Crippen LogP contribution in [-0.4, -0.2) is 262 Å². The summed E-state index contributed by atoms with van der Waals surface area (Å²) in [5, 5.41) is 6.72. The molecule has 0 unspecified atom stereocenters. The van der Waals surface area contributed by atoms with Gasteiger partial charge in [0, 0.05) is 140 Å². The number of ether oxygens (including phenoxy) is 2. The Bertz CT molecular complexity index is 1510. The third-order valence-corrected chi connectivity index (χ3v) is 18.6. The fourth-order valence-corrected chi connectivity index (χ4v) is 12.1. The first-order valence-corrected chi connectivity index (χ1v) is 45.0. The van der Waals surface area contributed by atoms with Crippen molar-refractivity contribution in [3.05, 3.63) is 35.4 Å². The highest BCUT2D eigenvalue weighted by molar-refractivity contribution is 5.29. The van der Waals surface area contributed by atoms with Gasteiger partial charge in [-0.1, -0.05) is 168 Å². The van der Waals surface area contributed by atoms with Gasteiger partial charge >= 0.3 is 0 Å². The van der Waals surface area contributed by atoms with Crippen molar-refractivity contribution < 1.29 is 9.47 Å². The van der Waals surface area contributed by atoms with Gasteiger partial charge in [-0.25, -0.2) is 0 Å². The molecular formula is C90H201N11O2. The van der Waals surface area contributed by atoms with Crippen LogP contribution in [0.4, 0.5) is 0 Å². The minimum Gasteiger partial charge on any atom is -0.380 e. The normalized spacial score (nSPS) is 18.8. The molecule has 1 aromatic rings. The van der Waals surface area contributed by atoms with Crippen LogP contribution in [0, 0.1) is 0 Å². The molecule has 0 atom stereocenters. The van der Waals surface area contributed by atoms with Gasteiger partial charge in [-0.05, 0) is 265 Å². The van der Waals surface area contributed by atoms with Crippen LogP contribution in [0.5, 0.6) is 0 Å². The van der Waals surface area contributed by atoms with E-state index in [0.717, 1.165) is 108 Å². The number of hydrogen-bond donors (Lipinski definition) is 2. The zero-order valence-corrected chi connectivity index (χ0v) is 77.9. The van der Waals surface area contributed by atoms with Gasteiger partial charge in [-0.15, -0.1) is 0 Å². The molecule has 0 aromatic heterocycles. The Kier molecular flexibility index (Phi) is 102. The highest BCUT2D eigenvalue weighted by Gasteiger charge is 2.20. The van der Waals surface area contributed by atoms with Gasteiger partial charge in [-0.2, -0.15) is 0 Å². The van der Waals surface area contributed by atoms with Crippen molar-refractivity contribution in [3.63, 3.8) is 0 Å². The Labute approximate surface area is 653 Å². The SMILES string of the molecule is CC.CC.CC.CC.CC.CC.CC.CC.CC.CC(C)N1CCC1.CC(C)N1CCCC1.CC(C)N1CCCCC1.CC(C)N1CCCCCC1.CC(C)N1CCCNCC1.CC(C)N1CCCOCC1.CC(C)N1CCNCC1.CC(C)N1CCOCC1.CC(C)N1CCc2ccccc2C1. The first kappa shape index (κ1) is 117. The summed E-state index contributed by atoms with van der Waals surface area (Å²) in [5.41, 5.74) is 3.06. The first-order chi connectivity index (χ1) is 49.7. The molecule has 10 rings (SSSR count). The molecule has 8 fully saturated rings. The zero-order valence-electron chi connectivity index (χ0n) is 77.9. The lowest BCUT2D eigenvalue weighted by molar-refractivity contribution is 0.0238. The summed E-state index contributed by atoms with van der Waals surface area (Å²) < 4.78 is 10.5. The van der Waals surface area contributed by atoms with E-state index in [2.05, 4.69) is 204 Å². The fourth-order valence-electron chi connectivity index (χ4n) is 12.1. The maximum atomic E-state index is 5.33. The number of likely N-dealkylation sites (tertiary alicyclic amines) is 4. The molecule has 103 heavy (non-hydrogen) atoms. The summed E-state index contributed by atoms with van der Waals surface area (Å²) in [6, 6.07) is 15.4. The summed E-state index contributed by atoms with van der Waals surface area (Å²) in [6.07, 6.45) is 18.0. The zero-order chi connectivity index (χ0) is 80.8. The number of benzene rings is 1. The topological polar surface area (TPSA) is 71.7 Å². The highest BCUT2D eigenvalue weighted by atomic mass is 16.5. The molecule has 1 aromatic carbocycles. The summed E-state index contributed by atoms with van der Waals surface area (Å²) in [7, 11) is 0. The molecule has 0 aliphatic carbocycles. The minimum atomic E-state index is 0.674. The average molecular weight is 1470 g/mol. The van der Waals surface area contributed by atoms with Gasteiger partial charge in [-0.3, -0.25) is 24.5 Å². The van der Waals surface area contributed by atoms with Gasteiger partial charge < -0.3 is 39.7 Å². The van der Waals surface area contributed by atoms with Gasteiger partial charge in [0.25, 0.3) is 0 Å². The van der Waals surface area contributed by atoms with E-state index in [1.165, 1.54) is 187 Å². The monoisotopic (exact) mass is 1470 g/mol. The third kappa shape index (κ3) is 69.6. The molecule has 0 bridgehead atoms. The van der Waals surface area contributed by atoms with Crippen LogP contribution in [0.15, 0.2) is 24.3 Å². The number of rotatable bonds is 9. The van der Waals surface area contributed by atoms with Gasteiger partial charge in [0.05, 0.1) is 19.8 Å². The summed E-state index contributed by atoms with van der Waals surface area (Å²) >= 11 is 0. The van der Waals surface area contributed by atoms with Gasteiger partial charge in [0.15, 0.2) is 0 Å². The molecular weight excluding hydrogens is 1270 g/mol. The lowest BCUT2D eigenvalue weighted by atomic mass is 9.99. The predicted octanol–water partition coefficient (Wildman–Crippen LogP) is 21.3. The highest BCUT2D eigenvalue weighted by Crippen LogP contribution is 2.20. The molecule has 13 heteroatoms. The molecule has 2 N–H and O–H groups in total. The maximum absolute atomic E-state index is 5.33. The fraction of sp³-hybridized carbons (Fsp3) is 0.933. The van der Waals surface area contributed by atoms with Gasteiger partial charge in [0.2, 0.25) is 0 Å². The van der Waals surface area contributed by atoms with E-state index in [4.69, 9.17) is 9.47 Å². The lowest BCUT2D eigenvalue weighted by Gasteiger charge is -2.34.